The highest BCUT2D eigenvalue weighted by atomic mass is 16.6. The van der Waals surface area contributed by atoms with E-state index >= 15 is 0 Å². The zero-order chi connectivity index (χ0) is 19.2. The standard InChI is InChI=1S/C20H24N2O4/c1-20(2,3)26-19(24)22-16-11-9-15(10-12-16)21-18(23)17-8-6-5-7-14(17)13-25-4/h5-12H,13H2,1-4H3,(H,21,23)(H,22,24). The minimum Gasteiger partial charge on any atom is -0.444 e. The summed E-state index contributed by atoms with van der Waals surface area (Å²) in [6.07, 6.45) is -0.525. The number of hydrogen-bond donors (Lipinski definition) is 2. The third-order valence-corrected chi connectivity index (χ3v) is 3.35. The van der Waals surface area contributed by atoms with E-state index in [0.29, 0.717) is 23.5 Å². The molecule has 26 heavy (non-hydrogen) atoms. The van der Waals surface area contributed by atoms with Gasteiger partial charge in [-0.05, 0) is 56.7 Å². The van der Waals surface area contributed by atoms with Crippen molar-refractivity contribution in [2.24, 2.45) is 0 Å². The van der Waals surface area contributed by atoms with Gasteiger partial charge in [0.05, 0.1) is 6.61 Å². The Kier molecular flexibility index (Phi) is 6.36. The van der Waals surface area contributed by atoms with Gasteiger partial charge in [-0.3, -0.25) is 10.1 Å². The highest BCUT2D eigenvalue weighted by Crippen LogP contribution is 2.17. The Balaban J connectivity index is 2.01. The Labute approximate surface area is 153 Å². The molecule has 6 nitrogen and oxygen atoms in total. The van der Waals surface area contributed by atoms with Gasteiger partial charge in [0, 0.05) is 24.0 Å². The molecule has 138 valence electrons. The number of nitrogens with one attached hydrogen (secondary N) is 2. The molecule has 0 fully saturated rings. The van der Waals surface area contributed by atoms with Crippen LogP contribution in [0.1, 0.15) is 36.7 Å². The molecule has 0 saturated carbocycles. The van der Waals surface area contributed by atoms with Gasteiger partial charge in [0.25, 0.3) is 5.91 Å². The lowest BCUT2D eigenvalue weighted by atomic mass is 10.1. The summed E-state index contributed by atoms with van der Waals surface area (Å²) in [5, 5.41) is 5.48. The Bertz CT molecular complexity index is 764. The normalized spacial score (nSPS) is 10.9. The van der Waals surface area contributed by atoms with Gasteiger partial charge >= 0.3 is 6.09 Å². The third-order valence-electron chi connectivity index (χ3n) is 3.35. The van der Waals surface area contributed by atoms with E-state index < -0.39 is 11.7 Å². The van der Waals surface area contributed by atoms with Crippen LogP contribution in [0.4, 0.5) is 16.2 Å². The summed E-state index contributed by atoms with van der Waals surface area (Å²) in [5.74, 6) is -0.217. The van der Waals surface area contributed by atoms with Crippen molar-refractivity contribution in [2.45, 2.75) is 33.0 Å². The van der Waals surface area contributed by atoms with Crippen LogP contribution < -0.4 is 10.6 Å². The topological polar surface area (TPSA) is 76.7 Å². The second kappa shape index (κ2) is 8.49. The first-order valence-corrected chi connectivity index (χ1v) is 8.27. The molecule has 0 saturated heterocycles. The quantitative estimate of drug-likeness (QED) is 0.831. The number of carbonyl (C=O) groups excluding carboxylic acids is 2. The van der Waals surface area contributed by atoms with Crippen molar-refractivity contribution in [1.29, 1.82) is 0 Å². The molecule has 0 unspecified atom stereocenters. The van der Waals surface area contributed by atoms with Crippen LogP contribution >= 0.6 is 0 Å². The SMILES string of the molecule is COCc1ccccc1C(=O)Nc1ccc(NC(=O)OC(C)(C)C)cc1. The second-order valence-electron chi connectivity index (χ2n) is 6.75. The predicted octanol–water partition coefficient (Wildman–Crippen LogP) is 4.43. The largest absolute Gasteiger partial charge is 0.444 e. The fraction of sp³-hybridized carbons (Fsp3) is 0.300. The molecule has 0 heterocycles. The van der Waals surface area contributed by atoms with Gasteiger partial charge < -0.3 is 14.8 Å². The number of rotatable bonds is 5. The molecule has 0 aliphatic heterocycles. The molecule has 0 aliphatic carbocycles. The lowest BCUT2D eigenvalue weighted by molar-refractivity contribution is 0.0635. The first-order valence-electron chi connectivity index (χ1n) is 8.27. The van der Waals surface area contributed by atoms with Crippen LogP contribution in [0.2, 0.25) is 0 Å². The average molecular weight is 356 g/mol. The van der Waals surface area contributed by atoms with Crippen LogP contribution in [-0.2, 0) is 16.1 Å². The number of hydrogen-bond acceptors (Lipinski definition) is 4. The van der Waals surface area contributed by atoms with E-state index in [4.69, 9.17) is 9.47 Å². The molecule has 0 atom stereocenters. The van der Waals surface area contributed by atoms with Crippen molar-refractivity contribution in [3.05, 3.63) is 59.7 Å². The first kappa shape index (κ1) is 19.5. The highest BCUT2D eigenvalue weighted by Gasteiger charge is 2.16. The molecule has 0 spiro atoms. The van der Waals surface area contributed by atoms with Crippen LogP contribution in [0.15, 0.2) is 48.5 Å². The van der Waals surface area contributed by atoms with Crippen LogP contribution in [0.3, 0.4) is 0 Å². The van der Waals surface area contributed by atoms with Gasteiger partial charge in [0.1, 0.15) is 5.60 Å². The fourth-order valence-electron chi connectivity index (χ4n) is 2.28. The number of carbonyl (C=O) groups is 2. The maximum absolute atomic E-state index is 12.5. The van der Waals surface area contributed by atoms with Crippen molar-refractivity contribution in [2.75, 3.05) is 17.7 Å². The van der Waals surface area contributed by atoms with E-state index in [1.165, 1.54) is 0 Å². The Morgan fingerprint density at radius 2 is 1.50 bits per heavy atom. The minimum absolute atomic E-state index is 0.217. The number of benzene rings is 2. The third kappa shape index (κ3) is 5.89. The molecule has 0 radical (unpaired) electrons. The Morgan fingerprint density at radius 1 is 0.923 bits per heavy atom. The van der Waals surface area contributed by atoms with Crippen molar-refractivity contribution in [3.8, 4) is 0 Å². The molecule has 0 bridgehead atoms. The molecule has 2 rings (SSSR count). The predicted molar refractivity (Wildman–Crippen MR) is 101 cm³/mol. The number of amides is 2. The van der Waals surface area contributed by atoms with Crippen molar-refractivity contribution < 1.29 is 19.1 Å². The molecular formula is C20H24N2O4. The molecule has 0 aliphatic rings. The summed E-state index contributed by atoms with van der Waals surface area (Å²) in [7, 11) is 1.59. The van der Waals surface area contributed by atoms with Gasteiger partial charge in [-0.25, -0.2) is 4.79 Å². The van der Waals surface area contributed by atoms with E-state index in [9.17, 15) is 9.59 Å². The maximum Gasteiger partial charge on any atom is 0.412 e. The smallest absolute Gasteiger partial charge is 0.412 e. The molecule has 2 aromatic carbocycles. The van der Waals surface area contributed by atoms with Gasteiger partial charge in [0.2, 0.25) is 0 Å². The van der Waals surface area contributed by atoms with Gasteiger partial charge in [-0.15, -0.1) is 0 Å². The van der Waals surface area contributed by atoms with E-state index in [-0.39, 0.29) is 5.91 Å². The monoisotopic (exact) mass is 356 g/mol. The van der Waals surface area contributed by atoms with Crippen molar-refractivity contribution in [1.82, 2.24) is 0 Å². The number of anilines is 2. The van der Waals surface area contributed by atoms with E-state index in [0.717, 1.165) is 5.56 Å². The summed E-state index contributed by atoms with van der Waals surface area (Å²) < 4.78 is 10.3. The summed E-state index contributed by atoms with van der Waals surface area (Å²) in [4.78, 5) is 24.2. The minimum atomic E-state index is -0.562. The Morgan fingerprint density at radius 3 is 2.08 bits per heavy atom. The summed E-state index contributed by atoms with van der Waals surface area (Å²) >= 11 is 0. The highest BCUT2D eigenvalue weighted by molar-refractivity contribution is 6.05. The molecular weight excluding hydrogens is 332 g/mol. The van der Waals surface area contributed by atoms with Gasteiger partial charge in [-0.1, -0.05) is 18.2 Å². The van der Waals surface area contributed by atoms with E-state index in [1.54, 1.807) is 58.2 Å². The van der Waals surface area contributed by atoms with Crippen LogP contribution in [0, 0.1) is 0 Å². The second-order valence-corrected chi connectivity index (χ2v) is 6.75. The maximum atomic E-state index is 12.5. The molecule has 2 aromatic rings. The Hall–Kier alpha value is -2.86. The van der Waals surface area contributed by atoms with Crippen LogP contribution in [0.25, 0.3) is 0 Å². The first-order chi connectivity index (χ1) is 12.3. The molecule has 0 aromatic heterocycles. The zero-order valence-corrected chi connectivity index (χ0v) is 15.5. The summed E-state index contributed by atoms with van der Waals surface area (Å²) in [6, 6.07) is 14.1. The van der Waals surface area contributed by atoms with Crippen LogP contribution in [0.5, 0.6) is 0 Å². The lowest BCUT2D eigenvalue weighted by Gasteiger charge is -2.19. The average Bonchev–Trinajstić information content (AvgIpc) is 2.55. The number of ether oxygens (including phenoxy) is 2. The summed E-state index contributed by atoms with van der Waals surface area (Å²) in [5.41, 5.74) is 2.02. The van der Waals surface area contributed by atoms with E-state index in [1.807, 2.05) is 18.2 Å². The molecule has 2 amide bonds. The van der Waals surface area contributed by atoms with Crippen molar-refractivity contribution in [3.63, 3.8) is 0 Å². The van der Waals surface area contributed by atoms with E-state index in [2.05, 4.69) is 10.6 Å². The molecule has 2 N–H and O–H groups in total. The summed E-state index contributed by atoms with van der Waals surface area (Å²) in [6.45, 7) is 5.76. The molecule has 6 heteroatoms. The lowest BCUT2D eigenvalue weighted by Crippen LogP contribution is -2.27. The zero-order valence-electron chi connectivity index (χ0n) is 15.5. The fourth-order valence-corrected chi connectivity index (χ4v) is 2.28. The number of methoxy groups -OCH3 is 1. The van der Waals surface area contributed by atoms with Crippen LogP contribution in [-0.4, -0.2) is 24.7 Å². The van der Waals surface area contributed by atoms with Crippen molar-refractivity contribution >= 4 is 23.4 Å². The van der Waals surface area contributed by atoms with Gasteiger partial charge in [-0.2, -0.15) is 0 Å². The van der Waals surface area contributed by atoms with Gasteiger partial charge in [0.15, 0.2) is 0 Å².